The van der Waals surface area contributed by atoms with Gasteiger partial charge in [0, 0.05) is 27.4 Å². The largest absolute Gasteiger partial charge is 0.328 e. The predicted molar refractivity (Wildman–Crippen MR) is 109 cm³/mol. The summed E-state index contributed by atoms with van der Waals surface area (Å²) in [4.78, 5) is 21.2. The lowest BCUT2D eigenvalue weighted by atomic mass is 9.82. The molecule has 1 aromatic heterocycles. The number of nitrogens with one attached hydrogen (secondary N) is 1. The van der Waals surface area contributed by atoms with E-state index >= 15 is 0 Å². The molecule has 5 nitrogen and oxygen atoms in total. The van der Waals surface area contributed by atoms with E-state index in [1.165, 1.54) is 16.9 Å². The van der Waals surface area contributed by atoms with Crippen LogP contribution in [0.4, 0.5) is 15.6 Å². The lowest BCUT2D eigenvalue weighted by Gasteiger charge is -2.25. The molecule has 0 aliphatic carbocycles. The van der Waals surface area contributed by atoms with E-state index in [1.54, 1.807) is 6.20 Å². The first-order chi connectivity index (χ1) is 11.9. The summed E-state index contributed by atoms with van der Waals surface area (Å²) < 4.78 is 2.50. The average molecular weight is 507 g/mol. The number of likely N-dealkylation sites (N-methyl/N-ethyl adjacent to an activating group) is 1. The van der Waals surface area contributed by atoms with E-state index in [0.717, 1.165) is 34.1 Å². The Balaban J connectivity index is 1.70. The summed E-state index contributed by atoms with van der Waals surface area (Å²) in [5.41, 5.74) is 2.15. The highest BCUT2D eigenvalue weighted by Crippen LogP contribution is 2.48. The molecule has 1 aromatic carbocycles. The molecule has 1 unspecified atom stereocenters. The van der Waals surface area contributed by atoms with Crippen molar-refractivity contribution in [3.63, 3.8) is 0 Å². The number of thiazole rings is 1. The van der Waals surface area contributed by atoms with Gasteiger partial charge in [-0.1, -0.05) is 22.9 Å². The van der Waals surface area contributed by atoms with Crippen LogP contribution in [0, 0.1) is 0 Å². The van der Waals surface area contributed by atoms with Gasteiger partial charge >= 0.3 is 6.03 Å². The normalized spacial score (nSPS) is 22.6. The van der Waals surface area contributed by atoms with Crippen LogP contribution in [0.2, 0.25) is 4.34 Å². The third-order valence-electron chi connectivity index (χ3n) is 4.84. The molecule has 0 bridgehead atoms. The first-order valence-electron chi connectivity index (χ1n) is 7.76. The van der Waals surface area contributed by atoms with Crippen LogP contribution in [0.5, 0.6) is 0 Å². The van der Waals surface area contributed by atoms with E-state index in [1.807, 2.05) is 11.0 Å². The number of amides is 2. The number of fused-ring (bicyclic) bond motifs is 2. The van der Waals surface area contributed by atoms with Crippen LogP contribution in [0.3, 0.4) is 0 Å². The molecule has 4 rings (SSSR count). The van der Waals surface area contributed by atoms with Crippen LogP contribution in [-0.4, -0.2) is 42.6 Å². The first-order valence-corrected chi connectivity index (χ1v) is 10.5. The molecule has 2 aromatic rings. The standard InChI is InChI=1S/C16H15Br2ClN4OS/c1-22-3-2-16(7-22)8-23(12-5-11(18)10(17)4-9(12)16)15(24)21-14-20-6-13(19)25-14/h4-6H,2-3,7-8H2,1H3,(H,20,21,24). The molecule has 1 saturated heterocycles. The molecule has 2 aliphatic rings. The zero-order chi connectivity index (χ0) is 17.8. The van der Waals surface area contributed by atoms with Gasteiger partial charge in [0.2, 0.25) is 0 Å². The maximum atomic E-state index is 12.9. The van der Waals surface area contributed by atoms with Gasteiger partial charge < -0.3 is 4.90 Å². The molecule has 2 aliphatic heterocycles. The lowest BCUT2D eigenvalue weighted by Crippen LogP contribution is -2.40. The number of aromatic nitrogens is 1. The average Bonchev–Trinajstić information content (AvgIpc) is 3.21. The van der Waals surface area contributed by atoms with E-state index in [0.29, 0.717) is 16.0 Å². The fourth-order valence-electron chi connectivity index (χ4n) is 3.74. The zero-order valence-electron chi connectivity index (χ0n) is 13.4. The fourth-order valence-corrected chi connectivity index (χ4v) is 5.21. The topological polar surface area (TPSA) is 48.5 Å². The number of urea groups is 1. The van der Waals surface area contributed by atoms with E-state index < -0.39 is 0 Å². The highest BCUT2D eigenvalue weighted by atomic mass is 79.9. The molecule has 0 radical (unpaired) electrons. The van der Waals surface area contributed by atoms with Crippen LogP contribution < -0.4 is 10.2 Å². The molecule has 0 saturated carbocycles. The van der Waals surface area contributed by atoms with Crippen molar-refractivity contribution < 1.29 is 4.79 Å². The quantitative estimate of drug-likeness (QED) is 0.596. The molecule has 2 amide bonds. The molecule has 1 N–H and O–H groups in total. The van der Waals surface area contributed by atoms with Crippen molar-refractivity contribution >= 4 is 71.6 Å². The Labute approximate surface area is 171 Å². The van der Waals surface area contributed by atoms with Crippen molar-refractivity contribution in [2.24, 2.45) is 0 Å². The number of nitrogens with zero attached hydrogens (tertiary/aromatic N) is 3. The SMILES string of the molecule is CN1CCC2(C1)CN(C(=O)Nc1ncc(Cl)s1)c1cc(Br)c(Br)cc12. The number of hydrogen-bond donors (Lipinski definition) is 1. The molecule has 1 atom stereocenters. The Morgan fingerprint density at radius 1 is 1.36 bits per heavy atom. The Morgan fingerprint density at radius 3 is 2.76 bits per heavy atom. The van der Waals surface area contributed by atoms with Crippen LogP contribution in [0.25, 0.3) is 0 Å². The van der Waals surface area contributed by atoms with Gasteiger partial charge in [-0.25, -0.2) is 9.78 Å². The van der Waals surface area contributed by atoms with E-state index in [2.05, 4.69) is 60.2 Å². The minimum atomic E-state index is -0.173. The summed E-state index contributed by atoms with van der Waals surface area (Å²) in [6, 6.07) is 3.99. The monoisotopic (exact) mass is 504 g/mol. The number of benzene rings is 1. The number of carbonyl (C=O) groups is 1. The second-order valence-corrected chi connectivity index (χ2v) is 9.91. The summed E-state index contributed by atoms with van der Waals surface area (Å²) in [7, 11) is 2.13. The summed E-state index contributed by atoms with van der Waals surface area (Å²) in [5.74, 6) is 0. The summed E-state index contributed by atoms with van der Waals surface area (Å²) in [6.07, 6.45) is 2.58. The third-order valence-corrected chi connectivity index (χ3v) is 7.72. The van der Waals surface area contributed by atoms with Gasteiger partial charge in [0.1, 0.15) is 4.34 Å². The smallest absolute Gasteiger partial charge is 0.305 e. The lowest BCUT2D eigenvalue weighted by molar-refractivity contribution is 0.256. The number of carbonyl (C=O) groups excluding carboxylic acids is 1. The van der Waals surface area contributed by atoms with Crippen LogP contribution in [0.1, 0.15) is 12.0 Å². The van der Waals surface area contributed by atoms with Gasteiger partial charge in [-0.3, -0.25) is 10.2 Å². The van der Waals surface area contributed by atoms with Gasteiger partial charge in [-0.2, -0.15) is 0 Å². The number of anilines is 2. The van der Waals surface area contributed by atoms with E-state index in [4.69, 9.17) is 11.6 Å². The Bertz CT molecular complexity index is 861. The fraction of sp³-hybridized carbons (Fsp3) is 0.375. The summed E-state index contributed by atoms with van der Waals surface area (Å²) in [5, 5.41) is 3.38. The van der Waals surface area contributed by atoms with Gasteiger partial charge in [0.05, 0.1) is 11.9 Å². The minimum absolute atomic E-state index is 0.0227. The second kappa shape index (κ2) is 6.49. The molecule has 1 spiro atoms. The van der Waals surface area contributed by atoms with Crippen molar-refractivity contribution in [1.82, 2.24) is 9.88 Å². The molecule has 3 heterocycles. The maximum absolute atomic E-state index is 12.9. The highest BCUT2D eigenvalue weighted by Gasteiger charge is 2.48. The van der Waals surface area contributed by atoms with Crippen molar-refractivity contribution in [1.29, 1.82) is 0 Å². The molecule has 25 heavy (non-hydrogen) atoms. The number of halogens is 3. The molecule has 9 heteroatoms. The van der Waals surface area contributed by atoms with Gasteiger partial charge in [0.25, 0.3) is 0 Å². The Hall–Kier alpha value is -0.670. The molecular formula is C16H15Br2ClN4OS. The van der Waals surface area contributed by atoms with E-state index in [-0.39, 0.29) is 11.4 Å². The summed E-state index contributed by atoms with van der Waals surface area (Å²) in [6.45, 7) is 2.64. The molecule has 1 fully saturated rings. The second-order valence-electron chi connectivity index (χ2n) is 6.54. The van der Waals surface area contributed by atoms with Crippen molar-refractivity contribution in [2.45, 2.75) is 11.8 Å². The van der Waals surface area contributed by atoms with Crippen LogP contribution in [-0.2, 0) is 5.41 Å². The van der Waals surface area contributed by atoms with Gasteiger partial charge in [-0.05, 0) is 69.6 Å². The predicted octanol–water partition coefficient (Wildman–Crippen LogP) is 4.95. The third kappa shape index (κ3) is 3.12. The van der Waals surface area contributed by atoms with E-state index in [9.17, 15) is 4.79 Å². The zero-order valence-corrected chi connectivity index (χ0v) is 18.1. The first kappa shape index (κ1) is 17.7. The Morgan fingerprint density at radius 2 is 2.12 bits per heavy atom. The summed E-state index contributed by atoms with van der Waals surface area (Å²) >= 11 is 14.3. The number of hydrogen-bond acceptors (Lipinski definition) is 4. The maximum Gasteiger partial charge on any atom is 0.328 e. The van der Waals surface area contributed by atoms with Crippen molar-refractivity contribution in [3.05, 3.63) is 37.2 Å². The van der Waals surface area contributed by atoms with Gasteiger partial charge in [-0.15, -0.1) is 0 Å². The van der Waals surface area contributed by atoms with Crippen molar-refractivity contribution in [3.8, 4) is 0 Å². The molecule has 132 valence electrons. The van der Waals surface area contributed by atoms with Crippen molar-refractivity contribution in [2.75, 3.05) is 36.9 Å². The number of rotatable bonds is 1. The van der Waals surface area contributed by atoms with Gasteiger partial charge in [0.15, 0.2) is 5.13 Å². The highest BCUT2D eigenvalue weighted by molar-refractivity contribution is 9.13. The minimum Gasteiger partial charge on any atom is -0.305 e. The Kier molecular flexibility index (Phi) is 4.60. The number of likely N-dealkylation sites (tertiary alicyclic amines) is 1. The van der Waals surface area contributed by atoms with Crippen LogP contribution in [0.15, 0.2) is 27.3 Å². The molecular weight excluding hydrogens is 492 g/mol. The van der Waals surface area contributed by atoms with Crippen LogP contribution >= 0.6 is 54.8 Å².